The van der Waals surface area contributed by atoms with E-state index in [4.69, 9.17) is 37.0 Å². The van der Waals surface area contributed by atoms with Crippen LogP contribution in [0, 0.1) is 0 Å². The van der Waals surface area contributed by atoms with Crippen LogP contribution in [0.4, 0.5) is 0 Å². The van der Waals surface area contributed by atoms with Gasteiger partial charge in [0, 0.05) is 25.7 Å². The second-order valence-corrected chi connectivity index (χ2v) is 29.8. The summed E-state index contributed by atoms with van der Waals surface area (Å²) in [5, 5.41) is 10.7. The normalized spacial score (nSPS) is 14.5. The molecule has 3 unspecified atom stereocenters. The highest BCUT2D eigenvalue weighted by Crippen LogP contribution is 2.45. The zero-order valence-corrected chi connectivity index (χ0v) is 67.2. The number of carbonyl (C=O) groups excluding carboxylic acids is 4. The molecule has 0 aromatic heterocycles. The molecular formula is C85H146O17P2. The highest BCUT2D eigenvalue weighted by molar-refractivity contribution is 7.47. The molecule has 0 aromatic carbocycles. The van der Waals surface area contributed by atoms with Crippen LogP contribution in [0.3, 0.4) is 0 Å². The van der Waals surface area contributed by atoms with Crippen LogP contribution >= 0.6 is 15.6 Å². The topological polar surface area (TPSA) is 237 Å². The summed E-state index contributed by atoms with van der Waals surface area (Å²) in [5.74, 6) is -2.24. The van der Waals surface area contributed by atoms with E-state index in [1.165, 1.54) is 77.0 Å². The van der Waals surface area contributed by atoms with Crippen LogP contribution in [0.25, 0.3) is 0 Å². The third-order valence-electron chi connectivity index (χ3n) is 16.9. The quantitative estimate of drug-likeness (QED) is 0.0169. The number of aliphatic hydroxyl groups excluding tert-OH is 1. The molecule has 0 aromatic rings. The molecule has 3 N–H and O–H groups in total. The summed E-state index contributed by atoms with van der Waals surface area (Å²) in [6.07, 6.45) is 84.5. The minimum absolute atomic E-state index is 0.0585. The van der Waals surface area contributed by atoms with Gasteiger partial charge in [0.2, 0.25) is 0 Å². The Kier molecular flexibility index (Phi) is 73.3. The Balaban J connectivity index is 5.42. The third kappa shape index (κ3) is 75.7. The number of aliphatic hydroxyl groups is 1. The summed E-state index contributed by atoms with van der Waals surface area (Å²) in [4.78, 5) is 73.1. The number of unbranched alkanes of at least 4 members (excludes halogenated alkanes) is 30. The van der Waals surface area contributed by atoms with Crippen molar-refractivity contribution in [1.29, 1.82) is 0 Å². The summed E-state index contributed by atoms with van der Waals surface area (Å²) in [5.41, 5.74) is 0. The van der Waals surface area contributed by atoms with Crippen molar-refractivity contribution >= 4 is 39.5 Å². The molecule has 17 nitrogen and oxygen atoms in total. The minimum atomic E-state index is -4.99. The van der Waals surface area contributed by atoms with Crippen molar-refractivity contribution in [2.24, 2.45) is 0 Å². The fraction of sp³-hybridized carbons (Fsp3) is 0.718. The minimum Gasteiger partial charge on any atom is -0.462 e. The Hall–Kier alpha value is -4.54. The number of phosphoric ester groups is 2. The zero-order valence-electron chi connectivity index (χ0n) is 65.4. The van der Waals surface area contributed by atoms with Gasteiger partial charge in [-0.05, 0) is 154 Å². The smallest absolute Gasteiger partial charge is 0.462 e. The highest BCUT2D eigenvalue weighted by Gasteiger charge is 2.30. The summed E-state index contributed by atoms with van der Waals surface area (Å²) in [6.45, 7) is 4.60. The highest BCUT2D eigenvalue weighted by atomic mass is 31.2. The standard InChI is InChI=1S/C85H146O17P2/c1-5-9-13-17-21-25-29-33-37-39-43-46-50-54-58-62-66-70-83(88)96-76-81(102-85(90)72-68-64-60-56-52-48-44-40-38-34-30-26-22-18-14-10-6-2)78-100-104(93,94)98-74-79(86)73-97-103(91,92)99-77-80(101-84(89)71-67-63-59-55-51-47-42-36-32-28-24-20-16-12-8-4)75-95-82(87)69-65-61-57-53-49-45-41-35-31-27-23-19-15-11-7-3/h9-10,13-14,21-22,25-26,33-38,41-44,46,48,79-81,86H,5-8,11-12,15-20,23-24,27-32,39-40,45,47,49-78H2,1-4H3,(H,91,92)(H,93,94)/t79?,80-,81-/m1/s1. The van der Waals surface area contributed by atoms with Gasteiger partial charge in [-0.15, -0.1) is 0 Å². The summed E-state index contributed by atoms with van der Waals surface area (Å²) < 4.78 is 68.6. The predicted octanol–water partition coefficient (Wildman–Crippen LogP) is 23.9. The third-order valence-corrected chi connectivity index (χ3v) is 18.8. The monoisotopic (exact) mass is 1500 g/mol. The lowest BCUT2D eigenvalue weighted by Gasteiger charge is -2.21. The van der Waals surface area contributed by atoms with Crippen molar-refractivity contribution in [3.63, 3.8) is 0 Å². The Morgan fingerprint density at radius 3 is 0.779 bits per heavy atom. The van der Waals surface area contributed by atoms with E-state index in [-0.39, 0.29) is 25.7 Å². The van der Waals surface area contributed by atoms with E-state index in [0.717, 1.165) is 180 Å². The molecule has 0 saturated carbocycles. The van der Waals surface area contributed by atoms with Gasteiger partial charge in [0.05, 0.1) is 26.4 Å². The molecule has 0 aliphatic rings. The number of hydrogen-bond donors (Lipinski definition) is 3. The molecule has 5 atom stereocenters. The predicted molar refractivity (Wildman–Crippen MR) is 427 cm³/mol. The molecule has 0 rings (SSSR count). The Bertz CT molecular complexity index is 2440. The lowest BCUT2D eigenvalue weighted by molar-refractivity contribution is -0.161. The van der Waals surface area contributed by atoms with Crippen molar-refractivity contribution in [3.8, 4) is 0 Å². The van der Waals surface area contributed by atoms with E-state index in [0.29, 0.717) is 25.7 Å². The lowest BCUT2D eigenvalue weighted by atomic mass is 10.1. The fourth-order valence-corrected chi connectivity index (χ4v) is 12.3. The van der Waals surface area contributed by atoms with Crippen molar-refractivity contribution in [2.45, 2.75) is 354 Å². The maximum Gasteiger partial charge on any atom is 0.472 e. The molecule has 598 valence electrons. The second-order valence-electron chi connectivity index (χ2n) is 26.9. The van der Waals surface area contributed by atoms with Crippen LogP contribution < -0.4 is 0 Å². The van der Waals surface area contributed by atoms with E-state index in [1.54, 1.807) is 0 Å². The molecule has 0 bridgehead atoms. The molecule has 0 amide bonds. The summed E-state index contributed by atoms with van der Waals surface area (Å²) in [7, 11) is -9.98. The molecule has 19 heteroatoms. The molecular weight excluding hydrogens is 1350 g/mol. The molecule has 104 heavy (non-hydrogen) atoms. The number of rotatable bonds is 76. The number of ether oxygens (including phenoxy) is 4. The van der Waals surface area contributed by atoms with Crippen LogP contribution in [0.5, 0.6) is 0 Å². The molecule has 0 spiro atoms. The van der Waals surface area contributed by atoms with Gasteiger partial charge < -0.3 is 33.8 Å². The second kappa shape index (κ2) is 76.6. The van der Waals surface area contributed by atoms with Crippen LogP contribution in [-0.2, 0) is 65.4 Å². The van der Waals surface area contributed by atoms with Gasteiger partial charge >= 0.3 is 39.5 Å². The van der Waals surface area contributed by atoms with E-state index < -0.39 is 97.5 Å². The van der Waals surface area contributed by atoms with Crippen molar-refractivity contribution in [3.05, 3.63) is 122 Å². The number of hydrogen-bond acceptors (Lipinski definition) is 15. The molecule has 0 heterocycles. The zero-order chi connectivity index (χ0) is 76.0. The maximum absolute atomic E-state index is 13.1. The van der Waals surface area contributed by atoms with Crippen LogP contribution in [0.1, 0.15) is 336 Å². The Morgan fingerprint density at radius 1 is 0.279 bits per heavy atom. The Labute approximate surface area is 632 Å². The molecule has 0 fully saturated rings. The first-order chi connectivity index (χ1) is 50.7. The number of phosphoric acid groups is 2. The number of allylic oxidation sites excluding steroid dienone is 20. The first kappa shape index (κ1) is 99.5. The van der Waals surface area contributed by atoms with Gasteiger partial charge in [-0.1, -0.05) is 278 Å². The largest absolute Gasteiger partial charge is 0.472 e. The van der Waals surface area contributed by atoms with E-state index in [1.807, 2.05) is 0 Å². The average Bonchev–Trinajstić information content (AvgIpc) is 0.926. The number of carbonyl (C=O) groups is 4. The molecule has 0 aliphatic carbocycles. The van der Waals surface area contributed by atoms with Gasteiger partial charge in [0.1, 0.15) is 19.3 Å². The van der Waals surface area contributed by atoms with Crippen LogP contribution in [0.2, 0.25) is 0 Å². The van der Waals surface area contributed by atoms with Gasteiger partial charge in [0.15, 0.2) is 12.2 Å². The van der Waals surface area contributed by atoms with Gasteiger partial charge in [-0.2, -0.15) is 0 Å². The van der Waals surface area contributed by atoms with Gasteiger partial charge in [-0.25, -0.2) is 9.13 Å². The average molecular weight is 1500 g/mol. The van der Waals surface area contributed by atoms with Gasteiger partial charge in [0.25, 0.3) is 0 Å². The molecule has 0 radical (unpaired) electrons. The summed E-state index contributed by atoms with van der Waals surface area (Å²) in [6, 6.07) is 0. The molecule has 0 saturated heterocycles. The van der Waals surface area contributed by atoms with Crippen molar-refractivity contribution < 1.29 is 80.2 Å². The van der Waals surface area contributed by atoms with Crippen molar-refractivity contribution in [1.82, 2.24) is 0 Å². The van der Waals surface area contributed by atoms with Crippen LogP contribution in [-0.4, -0.2) is 96.7 Å². The van der Waals surface area contributed by atoms with E-state index in [2.05, 4.69) is 149 Å². The number of esters is 4. The lowest BCUT2D eigenvalue weighted by Crippen LogP contribution is -2.30. The van der Waals surface area contributed by atoms with Crippen LogP contribution in [0.15, 0.2) is 122 Å². The van der Waals surface area contributed by atoms with E-state index >= 15 is 0 Å². The Morgan fingerprint density at radius 2 is 0.500 bits per heavy atom. The fourth-order valence-electron chi connectivity index (χ4n) is 10.7. The summed E-state index contributed by atoms with van der Waals surface area (Å²) >= 11 is 0. The van der Waals surface area contributed by atoms with Crippen molar-refractivity contribution in [2.75, 3.05) is 39.6 Å². The molecule has 0 aliphatic heterocycles. The van der Waals surface area contributed by atoms with E-state index in [9.17, 15) is 43.2 Å². The first-order valence-corrected chi connectivity index (χ1v) is 43.8. The van der Waals surface area contributed by atoms with Gasteiger partial charge in [-0.3, -0.25) is 37.3 Å². The first-order valence-electron chi connectivity index (χ1n) is 40.8. The SMILES string of the molecule is CCC=CCC=CCC=CCC=CCCCCCCC(=O)OC[C@H](COP(=O)(O)OCC(O)COP(=O)(O)OC[C@@H](COC(=O)CCCCCCCC=CCCCCCCCC)OC(=O)CCCCCCCC=CCCCCCCCC)OC(=O)CCCCCCC=CCC=CCC=CCC=CCC. The maximum atomic E-state index is 13.1.